The van der Waals surface area contributed by atoms with E-state index in [1.807, 2.05) is 12.1 Å². The second kappa shape index (κ2) is 6.76. The highest BCUT2D eigenvalue weighted by molar-refractivity contribution is 6.11. The molecule has 0 radical (unpaired) electrons. The molecule has 2 aliphatic rings. The van der Waals surface area contributed by atoms with Crippen molar-refractivity contribution in [2.45, 2.75) is 13.0 Å². The fraction of sp³-hybridized carbons (Fsp3) is 0.316. The molecule has 2 aliphatic heterocycles. The summed E-state index contributed by atoms with van der Waals surface area (Å²) in [6.45, 7) is 6.06. The molecule has 1 atom stereocenters. The lowest BCUT2D eigenvalue weighted by Crippen LogP contribution is -2.33. The van der Waals surface area contributed by atoms with Gasteiger partial charge in [0, 0.05) is 42.0 Å². The standard InChI is InChI=1S/C19H20N4O3/c1-13-15-4-2-3-5-16(15)19(25)22(13)11-18(24)21-17-6-8-20-23(17)10-14-7-9-26-12-14/h2-6,8,14H,1,7,9-12H2,(H,21,24)/t14-/m1/s1. The predicted molar refractivity (Wildman–Crippen MR) is 96.3 cm³/mol. The predicted octanol–water partition coefficient (Wildman–Crippen LogP) is 1.98. The number of carbonyl (C=O) groups is 2. The largest absolute Gasteiger partial charge is 0.381 e. The van der Waals surface area contributed by atoms with Gasteiger partial charge in [-0.15, -0.1) is 0 Å². The first-order valence-corrected chi connectivity index (χ1v) is 8.63. The lowest BCUT2D eigenvalue weighted by atomic mass is 10.1. The van der Waals surface area contributed by atoms with Crippen molar-refractivity contribution in [3.05, 3.63) is 54.2 Å². The molecule has 1 aromatic heterocycles. The van der Waals surface area contributed by atoms with Crippen LogP contribution in [0.4, 0.5) is 5.82 Å². The highest BCUT2D eigenvalue weighted by Crippen LogP contribution is 2.30. The Morgan fingerprint density at radius 2 is 2.12 bits per heavy atom. The number of nitrogens with one attached hydrogen (secondary N) is 1. The smallest absolute Gasteiger partial charge is 0.259 e. The molecule has 1 fully saturated rings. The van der Waals surface area contributed by atoms with Crippen LogP contribution in [0.25, 0.3) is 5.70 Å². The van der Waals surface area contributed by atoms with E-state index >= 15 is 0 Å². The van der Waals surface area contributed by atoms with Gasteiger partial charge < -0.3 is 10.1 Å². The van der Waals surface area contributed by atoms with E-state index in [0.717, 1.165) is 18.6 Å². The summed E-state index contributed by atoms with van der Waals surface area (Å²) in [7, 11) is 0. The van der Waals surface area contributed by atoms with Crippen LogP contribution in [0.5, 0.6) is 0 Å². The topological polar surface area (TPSA) is 76.5 Å². The number of hydrogen-bond acceptors (Lipinski definition) is 4. The van der Waals surface area contributed by atoms with Crippen LogP contribution in [0.3, 0.4) is 0 Å². The van der Waals surface area contributed by atoms with Crippen LogP contribution in [0.1, 0.15) is 22.3 Å². The molecule has 7 nitrogen and oxygen atoms in total. The Hall–Kier alpha value is -2.93. The summed E-state index contributed by atoms with van der Waals surface area (Å²) >= 11 is 0. The van der Waals surface area contributed by atoms with Gasteiger partial charge in [0.15, 0.2) is 0 Å². The molecule has 0 bridgehead atoms. The Morgan fingerprint density at radius 1 is 1.31 bits per heavy atom. The van der Waals surface area contributed by atoms with E-state index in [1.165, 1.54) is 4.90 Å². The summed E-state index contributed by atoms with van der Waals surface area (Å²) in [5.74, 6) is 0.547. The van der Waals surface area contributed by atoms with Gasteiger partial charge >= 0.3 is 0 Å². The summed E-state index contributed by atoms with van der Waals surface area (Å²) in [5, 5.41) is 7.12. The van der Waals surface area contributed by atoms with Crippen molar-refractivity contribution in [3.63, 3.8) is 0 Å². The number of rotatable bonds is 5. The van der Waals surface area contributed by atoms with Crippen molar-refractivity contribution in [2.24, 2.45) is 5.92 Å². The Labute approximate surface area is 151 Å². The van der Waals surface area contributed by atoms with Crippen molar-refractivity contribution in [2.75, 3.05) is 25.1 Å². The summed E-state index contributed by atoms with van der Waals surface area (Å²) in [6, 6.07) is 9.00. The molecule has 134 valence electrons. The Kier molecular flexibility index (Phi) is 4.30. The van der Waals surface area contributed by atoms with E-state index < -0.39 is 0 Å². The number of aromatic nitrogens is 2. The number of amides is 2. The maximum Gasteiger partial charge on any atom is 0.259 e. The first-order valence-electron chi connectivity index (χ1n) is 8.63. The maximum atomic E-state index is 12.5. The van der Waals surface area contributed by atoms with Crippen LogP contribution in [0, 0.1) is 5.92 Å². The average Bonchev–Trinajstić information content (AvgIpc) is 3.35. The van der Waals surface area contributed by atoms with E-state index in [2.05, 4.69) is 17.0 Å². The lowest BCUT2D eigenvalue weighted by Gasteiger charge is -2.17. The normalized spacial score (nSPS) is 19.1. The number of nitrogens with zero attached hydrogens (tertiary/aromatic N) is 3. The third-order valence-electron chi connectivity index (χ3n) is 4.78. The van der Waals surface area contributed by atoms with Crippen LogP contribution in [0.2, 0.25) is 0 Å². The number of ether oxygens (including phenoxy) is 1. The van der Waals surface area contributed by atoms with Gasteiger partial charge in [-0.05, 0) is 12.5 Å². The average molecular weight is 352 g/mol. The molecule has 3 heterocycles. The summed E-state index contributed by atoms with van der Waals surface area (Å²) in [4.78, 5) is 26.4. The number of hydrogen-bond donors (Lipinski definition) is 1. The van der Waals surface area contributed by atoms with Gasteiger partial charge in [-0.25, -0.2) is 4.68 Å². The second-order valence-electron chi connectivity index (χ2n) is 6.56. The van der Waals surface area contributed by atoms with Crippen molar-refractivity contribution < 1.29 is 14.3 Å². The number of carbonyl (C=O) groups excluding carboxylic acids is 2. The zero-order valence-corrected chi connectivity index (χ0v) is 14.4. The molecule has 2 aromatic rings. The first kappa shape index (κ1) is 16.5. The molecular formula is C19H20N4O3. The molecule has 1 N–H and O–H groups in total. The van der Waals surface area contributed by atoms with Crippen molar-refractivity contribution >= 4 is 23.3 Å². The van der Waals surface area contributed by atoms with Crippen molar-refractivity contribution in [3.8, 4) is 0 Å². The fourth-order valence-corrected chi connectivity index (χ4v) is 3.38. The highest BCUT2D eigenvalue weighted by Gasteiger charge is 2.32. The Balaban J connectivity index is 1.42. The molecule has 7 heteroatoms. The third-order valence-corrected chi connectivity index (χ3v) is 4.78. The van der Waals surface area contributed by atoms with E-state index in [4.69, 9.17) is 4.74 Å². The molecular weight excluding hydrogens is 332 g/mol. The second-order valence-corrected chi connectivity index (χ2v) is 6.56. The zero-order chi connectivity index (χ0) is 18.1. The molecule has 2 amide bonds. The molecule has 0 saturated carbocycles. The SMILES string of the molecule is C=C1c2ccccc2C(=O)N1CC(=O)Nc1ccnn1C[C@H]1CCOC1. The molecule has 0 spiro atoms. The third kappa shape index (κ3) is 3.01. The quantitative estimate of drug-likeness (QED) is 0.893. The summed E-state index contributed by atoms with van der Waals surface area (Å²) in [6.07, 6.45) is 2.65. The fourth-order valence-electron chi connectivity index (χ4n) is 3.38. The molecule has 4 rings (SSSR count). The van der Waals surface area contributed by atoms with Gasteiger partial charge in [-0.3, -0.25) is 14.5 Å². The molecule has 0 aliphatic carbocycles. The van der Waals surface area contributed by atoms with E-state index in [9.17, 15) is 9.59 Å². The molecule has 26 heavy (non-hydrogen) atoms. The van der Waals surface area contributed by atoms with Crippen molar-refractivity contribution in [1.29, 1.82) is 0 Å². The van der Waals surface area contributed by atoms with Gasteiger partial charge in [-0.1, -0.05) is 24.8 Å². The summed E-state index contributed by atoms with van der Waals surface area (Å²) in [5.41, 5.74) is 1.91. The summed E-state index contributed by atoms with van der Waals surface area (Å²) < 4.78 is 7.16. The highest BCUT2D eigenvalue weighted by atomic mass is 16.5. The van der Waals surface area contributed by atoms with Gasteiger partial charge in [0.05, 0.1) is 12.8 Å². The van der Waals surface area contributed by atoms with E-state index in [-0.39, 0.29) is 18.4 Å². The van der Waals surface area contributed by atoms with Gasteiger partial charge in [0.25, 0.3) is 5.91 Å². The van der Waals surface area contributed by atoms with Crippen LogP contribution in [-0.4, -0.2) is 46.3 Å². The molecule has 1 saturated heterocycles. The van der Waals surface area contributed by atoms with E-state index in [0.29, 0.717) is 36.1 Å². The van der Waals surface area contributed by atoms with Crippen LogP contribution < -0.4 is 5.32 Å². The van der Waals surface area contributed by atoms with Crippen LogP contribution in [-0.2, 0) is 16.1 Å². The minimum Gasteiger partial charge on any atom is -0.381 e. The van der Waals surface area contributed by atoms with Gasteiger partial charge in [0.2, 0.25) is 5.91 Å². The minimum atomic E-state index is -0.281. The van der Waals surface area contributed by atoms with E-state index in [1.54, 1.807) is 29.1 Å². The van der Waals surface area contributed by atoms with Crippen LogP contribution in [0.15, 0.2) is 43.1 Å². The van der Waals surface area contributed by atoms with Crippen molar-refractivity contribution in [1.82, 2.24) is 14.7 Å². The monoisotopic (exact) mass is 352 g/mol. The molecule has 1 aromatic carbocycles. The number of benzene rings is 1. The number of fused-ring (bicyclic) bond motifs is 1. The lowest BCUT2D eigenvalue weighted by molar-refractivity contribution is -0.116. The Bertz CT molecular complexity index is 832. The van der Waals surface area contributed by atoms with Gasteiger partial charge in [-0.2, -0.15) is 5.10 Å². The van der Waals surface area contributed by atoms with Crippen LogP contribution >= 0.6 is 0 Å². The Morgan fingerprint density at radius 3 is 2.85 bits per heavy atom. The maximum absolute atomic E-state index is 12.5. The minimum absolute atomic E-state index is 0.0793. The van der Waals surface area contributed by atoms with Gasteiger partial charge in [0.1, 0.15) is 12.4 Å². The first-order chi connectivity index (χ1) is 12.6. The zero-order valence-electron chi connectivity index (χ0n) is 14.4. The number of anilines is 1. The molecule has 0 unspecified atom stereocenters.